The highest BCUT2D eigenvalue weighted by atomic mass is 19.1. The summed E-state index contributed by atoms with van der Waals surface area (Å²) in [5, 5.41) is 12.9. The van der Waals surface area contributed by atoms with Gasteiger partial charge in [-0.3, -0.25) is 14.4 Å². The molecule has 2 bridgehead atoms. The largest absolute Gasteiger partial charge is 0.393 e. The minimum absolute atomic E-state index is 0.130. The van der Waals surface area contributed by atoms with Gasteiger partial charge in [-0.25, -0.2) is 4.39 Å². The van der Waals surface area contributed by atoms with Crippen LogP contribution in [0.2, 0.25) is 0 Å². The van der Waals surface area contributed by atoms with Gasteiger partial charge in [0.25, 0.3) is 17.6 Å². The fourth-order valence-electron chi connectivity index (χ4n) is 5.45. The van der Waals surface area contributed by atoms with E-state index in [0.29, 0.717) is 40.9 Å². The van der Waals surface area contributed by atoms with Gasteiger partial charge in [0.15, 0.2) is 0 Å². The summed E-state index contributed by atoms with van der Waals surface area (Å²) in [6, 6.07) is 4.05. The number of anilines is 1. The number of amides is 2. The van der Waals surface area contributed by atoms with Crippen molar-refractivity contribution in [1.82, 2.24) is 9.47 Å². The molecule has 2 aliphatic rings. The summed E-state index contributed by atoms with van der Waals surface area (Å²) in [5.41, 5.74) is 2.38. The lowest BCUT2D eigenvalue weighted by Gasteiger charge is -2.47. The molecule has 176 valence electrons. The normalized spacial score (nSPS) is 22.2. The van der Waals surface area contributed by atoms with Crippen LogP contribution >= 0.6 is 0 Å². The van der Waals surface area contributed by atoms with Crippen LogP contribution < -0.4 is 5.32 Å². The summed E-state index contributed by atoms with van der Waals surface area (Å²) in [7, 11) is 1.67. The fourth-order valence-corrected chi connectivity index (χ4v) is 5.45. The molecule has 3 atom stereocenters. The summed E-state index contributed by atoms with van der Waals surface area (Å²) in [6.07, 6.45) is 3.08. The predicted octanol–water partition coefficient (Wildman–Crippen LogP) is 3.43. The fraction of sp³-hybridized carbons (Fsp3) is 0.480. The van der Waals surface area contributed by atoms with Crippen LogP contribution in [0.5, 0.6) is 0 Å². The maximum absolute atomic E-state index is 13.6. The van der Waals surface area contributed by atoms with Gasteiger partial charge in [-0.15, -0.1) is 0 Å². The molecule has 0 saturated carbocycles. The number of aromatic nitrogens is 1. The Balaban J connectivity index is 1.62. The number of piperidine rings is 2. The molecule has 3 heterocycles. The van der Waals surface area contributed by atoms with Gasteiger partial charge in [-0.1, -0.05) is 0 Å². The molecule has 2 aromatic rings. The Bertz CT molecular complexity index is 1130. The number of carbonyl (C=O) groups is 3. The Kier molecular flexibility index (Phi) is 6.14. The number of ketones is 1. The van der Waals surface area contributed by atoms with Crippen molar-refractivity contribution < 1.29 is 23.9 Å². The summed E-state index contributed by atoms with van der Waals surface area (Å²) in [6.45, 7) is 5.01. The minimum Gasteiger partial charge on any atom is -0.393 e. The molecule has 1 aromatic heterocycles. The summed E-state index contributed by atoms with van der Waals surface area (Å²) >= 11 is 0. The number of halogens is 1. The first-order chi connectivity index (χ1) is 15.6. The molecule has 2 saturated heterocycles. The molecular formula is C25H30FN3O4. The van der Waals surface area contributed by atoms with Crippen LogP contribution in [0.3, 0.4) is 0 Å². The predicted molar refractivity (Wildman–Crippen MR) is 122 cm³/mol. The lowest BCUT2D eigenvalue weighted by atomic mass is 9.82. The Labute approximate surface area is 192 Å². The molecule has 8 heteroatoms. The van der Waals surface area contributed by atoms with E-state index in [0.717, 1.165) is 19.3 Å². The molecule has 4 rings (SSSR count). The zero-order valence-corrected chi connectivity index (χ0v) is 19.4. The average Bonchev–Trinajstić information content (AvgIpc) is 2.97. The number of fused-ring (bicyclic) bond motifs is 2. The number of carbonyl (C=O) groups excluding carboxylic acids is 3. The first-order valence-corrected chi connectivity index (χ1v) is 11.4. The van der Waals surface area contributed by atoms with Crippen LogP contribution in [0.4, 0.5) is 10.1 Å². The topological polar surface area (TPSA) is 91.6 Å². The Morgan fingerprint density at radius 1 is 1.09 bits per heavy atom. The summed E-state index contributed by atoms with van der Waals surface area (Å²) < 4.78 is 15.2. The third kappa shape index (κ3) is 4.08. The molecule has 2 aliphatic heterocycles. The van der Waals surface area contributed by atoms with Crippen molar-refractivity contribution in [3.8, 4) is 0 Å². The monoisotopic (exact) mass is 455 g/mol. The number of aliphatic hydroxyl groups is 1. The van der Waals surface area contributed by atoms with E-state index in [1.165, 1.54) is 12.1 Å². The molecule has 7 nitrogen and oxygen atoms in total. The van der Waals surface area contributed by atoms with Gasteiger partial charge in [0.2, 0.25) is 0 Å². The SMILES string of the molecule is Cc1cc(NC(=O)c2c(C)c(C(=O)C(=O)N3[C@@H]4CCC[C@H]3CC(O)C4)n(C)c2C)ccc1F. The number of nitrogens with zero attached hydrogens (tertiary/aromatic N) is 2. The van der Waals surface area contributed by atoms with Crippen molar-refractivity contribution in [1.29, 1.82) is 0 Å². The van der Waals surface area contributed by atoms with Crippen LogP contribution in [-0.2, 0) is 11.8 Å². The standard InChI is InChI=1S/C25H30FN3O4/c1-13-10-16(8-9-20(13)26)27-24(32)21-14(2)22(28(4)15(21)3)23(31)25(33)29-17-6-5-7-18(29)12-19(30)11-17/h8-10,17-19,30H,5-7,11-12H2,1-4H3,(H,27,32)/t17-,18+,19?. The molecule has 0 aliphatic carbocycles. The van der Waals surface area contributed by atoms with Crippen molar-refractivity contribution in [2.75, 3.05) is 5.32 Å². The highest BCUT2D eigenvalue weighted by Crippen LogP contribution is 2.35. The first-order valence-electron chi connectivity index (χ1n) is 11.4. The third-order valence-corrected chi connectivity index (χ3v) is 7.17. The first kappa shape index (κ1) is 23.2. The van der Waals surface area contributed by atoms with Gasteiger partial charge < -0.3 is 19.9 Å². The highest BCUT2D eigenvalue weighted by Gasteiger charge is 2.43. The van der Waals surface area contributed by atoms with Crippen molar-refractivity contribution in [3.63, 3.8) is 0 Å². The zero-order valence-electron chi connectivity index (χ0n) is 19.4. The summed E-state index contributed by atoms with van der Waals surface area (Å²) in [5.74, 6) is -1.98. The number of aryl methyl sites for hydroxylation is 1. The lowest BCUT2D eigenvalue weighted by Crippen LogP contribution is -2.57. The number of hydrogen-bond donors (Lipinski definition) is 2. The number of rotatable bonds is 4. The van der Waals surface area contributed by atoms with Crippen molar-refractivity contribution in [2.24, 2.45) is 7.05 Å². The van der Waals surface area contributed by atoms with Crippen molar-refractivity contribution >= 4 is 23.3 Å². The van der Waals surface area contributed by atoms with Crippen LogP contribution in [0.1, 0.15) is 69.8 Å². The second-order valence-corrected chi connectivity index (χ2v) is 9.32. The van der Waals surface area contributed by atoms with Gasteiger partial charge in [0, 0.05) is 30.5 Å². The van der Waals surface area contributed by atoms with E-state index < -0.39 is 23.7 Å². The van der Waals surface area contributed by atoms with E-state index in [2.05, 4.69) is 5.32 Å². The molecule has 1 unspecified atom stereocenters. The highest BCUT2D eigenvalue weighted by molar-refractivity contribution is 6.43. The lowest BCUT2D eigenvalue weighted by molar-refractivity contribution is -0.138. The van der Waals surface area contributed by atoms with Gasteiger partial charge in [0.1, 0.15) is 5.82 Å². The Hall–Kier alpha value is -3.00. The van der Waals surface area contributed by atoms with Gasteiger partial charge >= 0.3 is 0 Å². The van der Waals surface area contributed by atoms with Crippen molar-refractivity contribution in [3.05, 3.63) is 52.1 Å². The maximum atomic E-state index is 13.6. The smallest absolute Gasteiger partial charge is 0.297 e. The molecule has 0 spiro atoms. The molecule has 0 radical (unpaired) electrons. The molecule has 1 aromatic carbocycles. The van der Waals surface area contributed by atoms with Crippen LogP contribution in [0.25, 0.3) is 0 Å². The van der Waals surface area contributed by atoms with Gasteiger partial charge in [-0.2, -0.15) is 0 Å². The second-order valence-electron chi connectivity index (χ2n) is 9.32. The van der Waals surface area contributed by atoms with E-state index >= 15 is 0 Å². The molecule has 33 heavy (non-hydrogen) atoms. The van der Waals surface area contributed by atoms with E-state index in [9.17, 15) is 23.9 Å². The number of benzene rings is 1. The molecule has 2 amide bonds. The number of aliphatic hydroxyl groups excluding tert-OH is 1. The third-order valence-electron chi connectivity index (χ3n) is 7.17. The molecule has 2 fully saturated rings. The van der Waals surface area contributed by atoms with Gasteiger partial charge in [0.05, 0.1) is 17.4 Å². The second kappa shape index (κ2) is 8.74. The van der Waals surface area contributed by atoms with Crippen LogP contribution in [-0.4, -0.2) is 50.4 Å². The maximum Gasteiger partial charge on any atom is 0.297 e. The van der Waals surface area contributed by atoms with E-state index in [4.69, 9.17) is 0 Å². The van der Waals surface area contributed by atoms with Crippen LogP contribution in [0, 0.1) is 26.6 Å². The number of hydrogen-bond acceptors (Lipinski definition) is 4. The summed E-state index contributed by atoms with van der Waals surface area (Å²) in [4.78, 5) is 41.4. The molecule has 2 N–H and O–H groups in total. The van der Waals surface area contributed by atoms with Gasteiger partial charge in [-0.05, 0) is 82.2 Å². The van der Waals surface area contributed by atoms with E-state index in [-0.39, 0.29) is 23.6 Å². The molecular weight excluding hydrogens is 425 g/mol. The minimum atomic E-state index is -0.636. The Morgan fingerprint density at radius 2 is 1.73 bits per heavy atom. The van der Waals surface area contributed by atoms with Crippen LogP contribution in [0.15, 0.2) is 18.2 Å². The average molecular weight is 456 g/mol. The zero-order chi connectivity index (χ0) is 24.0. The Morgan fingerprint density at radius 3 is 2.33 bits per heavy atom. The van der Waals surface area contributed by atoms with Crippen molar-refractivity contribution in [2.45, 2.75) is 71.1 Å². The van der Waals surface area contributed by atoms with E-state index in [1.54, 1.807) is 43.4 Å². The quantitative estimate of drug-likeness (QED) is 0.546. The number of Topliss-reactive ketones (excluding diaryl/α,β-unsaturated/α-hetero) is 1. The number of nitrogens with one attached hydrogen (secondary N) is 1. The van der Waals surface area contributed by atoms with E-state index in [1.807, 2.05) is 0 Å².